The first-order chi connectivity index (χ1) is 13.9. The van der Waals surface area contributed by atoms with Crippen LogP contribution in [0.2, 0.25) is 0 Å². The first-order valence-corrected chi connectivity index (χ1v) is 8.60. The molecule has 0 bridgehead atoms. The Bertz CT molecular complexity index is 1120. The fraction of sp³-hybridized carbons (Fsp3) is 0.158. The highest BCUT2D eigenvalue weighted by atomic mass is 16.6. The third-order valence-corrected chi connectivity index (χ3v) is 3.96. The zero-order valence-corrected chi connectivity index (χ0v) is 15.1. The SMILES string of the molecule is O=C(COC(=O)CCc1nc2ccccc2[nH]c1=O)Nc1ccc([N+](=O)[O-])cc1. The van der Waals surface area contributed by atoms with Crippen LogP contribution in [-0.2, 0) is 20.7 Å². The molecule has 0 aliphatic carbocycles. The van der Waals surface area contributed by atoms with Crippen LogP contribution in [0, 0.1) is 10.1 Å². The number of amides is 1. The van der Waals surface area contributed by atoms with Crippen molar-refractivity contribution in [2.45, 2.75) is 12.8 Å². The molecule has 2 aromatic carbocycles. The fourth-order valence-corrected chi connectivity index (χ4v) is 2.54. The number of carbonyl (C=O) groups excluding carboxylic acids is 2. The van der Waals surface area contributed by atoms with Gasteiger partial charge >= 0.3 is 5.97 Å². The molecule has 0 fully saturated rings. The molecule has 0 radical (unpaired) electrons. The van der Waals surface area contributed by atoms with Crippen molar-refractivity contribution in [3.05, 3.63) is 74.7 Å². The molecule has 2 N–H and O–H groups in total. The van der Waals surface area contributed by atoms with Crippen molar-refractivity contribution in [2.75, 3.05) is 11.9 Å². The van der Waals surface area contributed by atoms with Gasteiger partial charge in [-0.15, -0.1) is 0 Å². The fourth-order valence-electron chi connectivity index (χ4n) is 2.54. The zero-order valence-electron chi connectivity index (χ0n) is 15.1. The molecule has 1 aromatic heterocycles. The molecule has 148 valence electrons. The highest BCUT2D eigenvalue weighted by Crippen LogP contribution is 2.15. The van der Waals surface area contributed by atoms with Crippen molar-refractivity contribution >= 4 is 34.3 Å². The summed E-state index contributed by atoms with van der Waals surface area (Å²) in [6.07, 6.45) is -0.0395. The van der Waals surface area contributed by atoms with E-state index in [2.05, 4.69) is 15.3 Å². The number of fused-ring (bicyclic) bond motifs is 1. The number of anilines is 1. The lowest BCUT2D eigenvalue weighted by Crippen LogP contribution is -2.22. The van der Waals surface area contributed by atoms with Crippen molar-refractivity contribution in [3.8, 4) is 0 Å². The number of esters is 1. The van der Waals surface area contributed by atoms with Gasteiger partial charge in [-0.25, -0.2) is 4.98 Å². The monoisotopic (exact) mass is 396 g/mol. The highest BCUT2D eigenvalue weighted by molar-refractivity contribution is 5.92. The maximum Gasteiger partial charge on any atom is 0.306 e. The predicted molar refractivity (Wildman–Crippen MR) is 103 cm³/mol. The quantitative estimate of drug-likeness (QED) is 0.353. The van der Waals surface area contributed by atoms with Crippen LogP contribution >= 0.6 is 0 Å². The molecule has 1 amide bonds. The lowest BCUT2D eigenvalue weighted by Gasteiger charge is -2.06. The molecule has 3 rings (SSSR count). The Morgan fingerprint density at radius 3 is 2.59 bits per heavy atom. The summed E-state index contributed by atoms with van der Waals surface area (Å²) < 4.78 is 4.89. The minimum absolute atomic E-state index is 0.0724. The van der Waals surface area contributed by atoms with E-state index in [-0.39, 0.29) is 29.8 Å². The van der Waals surface area contributed by atoms with Gasteiger partial charge in [0.05, 0.1) is 22.4 Å². The standard InChI is InChI=1S/C19H16N4O6/c24-17(20-12-5-7-13(8-6-12)23(27)28)11-29-18(25)10-9-16-19(26)22-15-4-2-1-3-14(15)21-16/h1-8H,9-11H2,(H,20,24)(H,22,26). The number of hydrogen-bond acceptors (Lipinski definition) is 7. The predicted octanol–water partition coefficient (Wildman–Crippen LogP) is 1.95. The van der Waals surface area contributed by atoms with Crippen LogP contribution in [0.1, 0.15) is 12.1 Å². The number of aromatic nitrogens is 2. The normalized spacial score (nSPS) is 10.5. The number of nitro benzene ring substituents is 1. The summed E-state index contributed by atoms with van der Waals surface area (Å²) in [5, 5.41) is 13.1. The molecule has 29 heavy (non-hydrogen) atoms. The second kappa shape index (κ2) is 8.74. The highest BCUT2D eigenvalue weighted by Gasteiger charge is 2.12. The summed E-state index contributed by atoms with van der Waals surface area (Å²) in [5.41, 5.74) is 1.27. The molecule has 0 unspecified atom stereocenters. The van der Waals surface area contributed by atoms with Gasteiger partial charge in [-0.3, -0.25) is 24.5 Å². The summed E-state index contributed by atoms with van der Waals surface area (Å²) in [6.45, 7) is -0.517. The number of ether oxygens (including phenoxy) is 1. The average molecular weight is 396 g/mol. The van der Waals surface area contributed by atoms with Crippen LogP contribution in [0.4, 0.5) is 11.4 Å². The molecule has 1 heterocycles. The van der Waals surface area contributed by atoms with Gasteiger partial charge in [-0.2, -0.15) is 0 Å². The third kappa shape index (κ3) is 5.22. The molecule has 0 aliphatic rings. The van der Waals surface area contributed by atoms with E-state index < -0.39 is 23.4 Å². The molecule has 0 atom stereocenters. The number of benzene rings is 2. The summed E-state index contributed by atoms with van der Waals surface area (Å²) in [4.78, 5) is 52.7. The molecule has 0 saturated carbocycles. The number of nitro groups is 1. The second-order valence-corrected chi connectivity index (χ2v) is 6.04. The first kappa shape index (κ1) is 19.7. The summed E-state index contributed by atoms with van der Waals surface area (Å²) in [7, 11) is 0. The van der Waals surface area contributed by atoms with Crippen LogP contribution in [0.25, 0.3) is 11.0 Å². The number of hydrogen-bond donors (Lipinski definition) is 2. The van der Waals surface area contributed by atoms with Crippen molar-refractivity contribution in [2.24, 2.45) is 0 Å². The second-order valence-electron chi connectivity index (χ2n) is 6.04. The number of nitrogens with one attached hydrogen (secondary N) is 2. The van der Waals surface area contributed by atoms with E-state index in [1.54, 1.807) is 24.3 Å². The van der Waals surface area contributed by atoms with Crippen LogP contribution < -0.4 is 10.9 Å². The van der Waals surface area contributed by atoms with Gasteiger partial charge in [0.1, 0.15) is 5.69 Å². The molecular weight excluding hydrogens is 380 g/mol. The summed E-state index contributed by atoms with van der Waals surface area (Å²) >= 11 is 0. The Kier molecular flexibility index (Phi) is 5.93. The van der Waals surface area contributed by atoms with E-state index in [1.165, 1.54) is 24.3 Å². The molecule has 0 aliphatic heterocycles. The number of aromatic amines is 1. The molecule has 0 saturated heterocycles. The minimum Gasteiger partial charge on any atom is -0.456 e. The number of para-hydroxylation sites is 2. The number of nitrogens with zero attached hydrogens (tertiary/aromatic N) is 2. The van der Waals surface area contributed by atoms with E-state index in [0.717, 1.165) is 0 Å². The Morgan fingerprint density at radius 2 is 1.86 bits per heavy atom. The maximum atomic E-state index is 12.0. The van der Waals surface area contributed by atoms with Crippen molar-refractivity contribution in [3.63, 3.8) is 0 Å². The smallest absolute Gasteiger partial charge is 0.306 e. The average Bonchev–Trinajstić information content (AvgIpc) is 2.71. The summed E-state index contributed by atoms with van der Waals surface area (Å²) in [5.74, 6) is -1.24. The molecule has 0 spiro atoms. The van der Waals surface area contributed by atoms with E-state index in [0.29, 0.717) is 16.7 Å². The number of non-ortho nitro benzene ring substituents is 1. The van der Waals surface area contributed by atoms with Crippen LogP contribution in [0.5, 0.6) is 0 Å². The van der Waals surface area contributed by atoms with Gasteiger partial charge < -0.3 is 15.0 Å². The maximum absolute atomic E-state index is 12.0. The number of aryl methyl sites for hydroxylation is 1. The molecule has 3 aromatic rings. The van der Waals surface area contributed by atoms with E-state index in [9.17, 15) is 24.5 Å². The number of carbonyl (C=O) groups is 2. The largest absolute Gasteiger partial charge is 0.456 e. The molecular formula is C19H16N4O6. The van der Waals surface area contributed by atoms with E-state index >= 15 is 0 Å². The molecule has 10 nitrogen and oxygen atoms in total. The minimum atomic E-state index is -0.654. The number of rotatable bonds is 7. The van der Waals surface area contributed by atoms with Crippen molar-refractivity contribution < 1.29 is 19.2 Å². The van der Waals surface area contributed by atoms with Gasteiger partial charge in [-0.1, -0.05) is 12.1 Å². The number of H-pyrrole nitrogens is 1. The van der Waals surface area contributed by atoms with Crippen molar-refractivity contribution in [1.82, 2.24) is 9.97 Å². The van der Waals surface area contributed by atoms with E-state index in [4.69, 9.17) is 4.74 Å². The van der Waals surface area contributed by atoms with Gasteiger partial charge in [0.2, 0.25) is 0 Å². The Balaban J connectivity index is 1.48. The molecule has 10 heteroatoms. The lowest BCUT2D eigenvalue weighted by molar-refractivity contribution is -0.384. The zero-order chi connectivity index (χ0) is 20.8. The Hall–Kier alpha value is -4.08. The van der Waals surface area contributed by atoms with Gasteiger partial charge in [0.25, 0.3) is 17.2 Å². The van der Waals surface area contributed by atoms with Gasteiger partial charge in [0.15, 0.2) is 6.61 Å². The topological polar surface area (TPSA) is 144 Å². The summed E-state index contributed by atoms with van der Waals surface area (Å²) in [6, 6.07) is 12.3. The first-order valence-electron chi connectivity index (χ1n) is 8.60. The Labute approximate surface area is 163 Å². The van der Waals surface area contributed by atoms with Crippen molar-refractivity contribution in [1.29, 1.82) is 0 Å². The van der Waals surface area contributed by atoms with Crippen LogP contribution in [0.3, 0.4) is 0 Å². The van der Waals surface area contributed by atoms with Gasteiger partial charge in [-0.05, 0) is 24.3 Å². The lowest BCUT2D eigenvalue weighted by atomic mass is 10.2. The third-order valence-electron chi connectivity index (χ3n) is 3.96. The van der Waals surface area contributed by atoms with E-state index in [1.807, 2.05) is 0 Å². The van der Waals surface area contributed by atoms with Crippen LogP contribution in [0.15, 0.2) is 53.3 Å². The Morgan fingerprint density at radius 1 is 1.14 bits per heavy atom. The van der Waals surface area contributed by atoms with Gasteiger partial charge in [0, 0.05) is 24.2 Å². The van der Waals surface area contributed by atoms with Crippen LogP contribution in [-0.4, -0.2) is 33.4 Å².